The van der Waals surface area contributed by atoms with E-state index in [1.165, 1.54) is 17.0 Å². The minimum atomic E-state index is -0.513. The summed E-state index contributed by atoms with van der Waals surface area (Å²) in [5.41, 5.74) is 2.81. The zero-order valence-electron chi connectivity index (χ0n) is 25.0. The molecule has 0 N–H and O–H groups in total. The van der Waals surface area contributed by atoms with Gasteiger partial charge in [0.1, 0.15) is 5.75 Å². The van der Waals surface area contributed by atoms with Crippen LogP contribution in [0.4, 0.5) is 5.69 Å². The Kier molecular flexibility index (Phi) is 9.25. The first-order valence-corrected chi connectivity index (χ1v) is 14.0. The van der Waals surface area contributed by atoms with Crippen LogP contribution in [0.25, 0.3) is 22.3 Å². The summed E-state index contributed by atoms with van der Waals surface area (Å²) in [6, 6.07) is 13.9. The van der Waals surface area contributed by atoms with Crippen LogP contribution in [0.2, 0.25) is 0 Å². The van der Waals surface area contributed by atoms with Crippen LogP contribution in [0.3, 0.4) is 0 Å². The molecule has 10 nitrogen and oxygen atoms in total. The van der Waals surface area contributed by atoms with Gasteiger partial charge < -0.3 is 14.2 Å². The molecule has 0 aliphatic rings. The third-order valence-corrected chi connectivity index (χ3v) is 6.96. The second-order valence-corrected chi connectivity index (χ2v) is 10.3. The number of nitro benzene ring substituents is 1. The molecular formula is C32H36N4O6. The van der Waals surface area contributed by atoms with E-state index in [-0.39, 0.29) is 41.4 Å². The number of nitro groups is 1. The normalized spacial score (nSPS) is 12.2. The van der Waals surface area contributed by atoms with E-state index in [0.717, 1.165) is 22.4 Å². The molecule has 1 atom stereocenters. The van der Waals surface area contributed by atoms with Gasteiger partial charge in [0, 0.05) is 17.2 Å². The van der Waals surface area contributed by atoms with Gasteiger partial charge in [-0.25, -0.2) is 4.98 Å². The minimum absolute atomic E-state index is 0.0636. The molecule has 0 radical (unpaired) electrons. The van der Waals surface area contributed by atoms with Gasteiger partial charge in [-0.3, -0.25) is 14.9 Å². The molecule has 220 valence electrons. The molecule has 0 unspecified atom stereocenters. The molecule has 0 spiro atoms. The lowest BCUT2D eigenvalue weighted by atomic mass is 9.96. The summed E-state index contributed by atoms with van der Waals surface area (Å²) in [5, 5.41) is 17.0. The van der Waals surface area contributed by atoms with Crippen molar-refractivity contribution in [2.75, 3.05) is 13.7 Å². The molecule has 0 amide bonds. The number of para-hydroxylation sites is 1. The summed E-state index contributed by atoms with van der Waals surface area (Å²) < 4.78 is 18.5. The number of aromatic nitrogens is 2. The van der Waals surface area contributed by atoms with Crippen molar-refractivity contribution < 1.29 is 19.1 Å². The van der Waals surface area contributed by atoms with Crippen LogP contribution < -0.4 is 19.8 Å². The van der Waals surface area contributed by atoms with Crippen molar-refractivity contribution in [3.8, 4) is 28.6 Å². The highest BCUT2D eigenvalue weighted by molar-refractivity contribution is 5.84. The van der Waals surface area contributed by atoms with Gasteiger partial charge in [-0.05, 0) is 74.6 Å². The third kappa shape index (κ3) is 6.12. The Balaban J connectivity index is 1.95. The van der Waals surface area contributed by atoms with Crippen LogP contribution in [0.1, 0.15) is 63.6 Å². The minimum Gasteiger partial charge on any atom is -0.496 e. The van der Waals surface area contributed by atoms with Crippen molar-refractivity contribution in [3.63, 3.8) is 0 Å². The summed E-state index contributed by atoms with van der Waals surface area (Å²) in [6.45, 7) is 11.9. The van der Waals surface area contributed by atoms with Crippen LogP contribution in [-0.2, 0) is 0 Å². The number of hydrogen-bond acceptors (Lipinski definition) is 8. The van der Waals surface area contributed by atoms with E-state index < -0.39 is 4.92 Å². The number of nitrogens with zero attached hydrogens (tertiary/aromatic N) is 4. The summed E-state index contributed by atoms with van der Waals surface area (Å²) >= 11 is 0. The molecule has 1 aromatic heterocycles. The first-order chi connectivity index (χ1) is 20.1. The maximum absolute atomic E-state index is 13.8. The Morgan fingerprint density at radius 1 is 1.10 bits per heavy atom. The zero-order valence-corrected chi connectivity index (χ0v) is 25.0. The van der Waals surface area contributed by atoms with Crippen molar-refractivity contribution in [3.05, 3.63) is 85.7 Å². The molecule has 42 heavy (non-hydrogen) atoms. The lowest BCUT2D eigenvalue weighted by Crippen LogP contribution is -2.21. The van der Waals surface area contributed by atoms with Crippen LogP contribution in [0, 0.1) is 17.0 Å². The zero-order chi connectivity index (χ0) is 30.6. The van der Waals surface area contributed by atoms with Crippen molar-refractivity contribution >= 4 is 22.8 Å². The highest BCUT2D eigenvalue weighted by Gasteiger charge is 2.24. The van der Waals surface area contributed by atoms with Crippen molar-refractivity contribution in [2.45, 2.75) is 60.0 Å². The van der Waals surface area contributed by atoms with Crippen LogP contribution >= 0.6 is 0 Å². The number of ether oxygens (including phenoxy) is 3. The molecule has 4 rings (SSSR count). The Bertz CT molecular complexity index is 1710. The number of rotatable bonds is 11. The smallest absolute Gasteiger partial charge is 0.315 e. The molecule has 0 saturated carbocycles. The topological polar surface area (TPSA) is 118 Å². The predicted octanol–water partition coefficient (Wildman–Crippen LogP) is 6.87. The van der Waals surface area contributed by atoms with Gasteiger partial charge in [0.15, 0.2) is 11.6 Å². The Labute approximate surface area is 244 Å². The highest BCUT2D eigenvalue weighted by atomic mass is 16.6. The monoisotopic (exact) mass is 572 g/mol. The average Bonchev–Trinajstić information content (AvgIpc) is 2.97. The van der Waals surface area contributed by atoms with Gasteiger partial charge in [0.2, 0.25) is 5.75 Å². The van der Waals surface area contributed by atoms with E-state index >= 15 is 0 Å². The predicted molar refractivity (Wildman–Crippen MR) is 164 cm³/mol. The molecule has 0 fully saturated rings. The second-order valence-electron chi connectivity index (χ2n) is 10.3. The van der Waals surface area contributed by atoms with Gasteiger partial charge in [0.25, 0.3) is 5.56 Å². The number of hydrogen-bond donors (Lipinski definition) is 0. The van der Waals surface area contributed by atoms with E-state index in [4.69, 9.17) is 19.2 Å². The molecule has 0 saturated heterocycles. The number of methoxy groups -OCH3 is 1. The first-order valence-electron chi connectivity index (χ1n) is 14.0. The Morgan fingerprint density at radius 2 is 1.83 bits per heavy atom. The summed E-state index contributed by atoms with van der Waals surface area (Å²) in [6.07, 6.45) is 1.80. The largest absolute Gasteiger partial charge is 0.496 e. The van der Waals surface area contributed by atoms with Crippen molar-refractivity contribution in [2.24, 2.45) is 5.10 Å². The van der Waals surface area contributed by atoms with Gasteiger partial charge in [-0.2, -0.15) is 9.78 Å². The van der Waals surface area contributed by atoms with E-state index in [1.807, 2.05) is 39.0 Å². The Morgan fingerprint density at radius 3 is 2.48 bits per heavy atom. The van der Waals surface area contributed by atoms with Crippen molar-refractivity contribution in [1.29, 1.82) is 0 Å². The maximum atomic E-state index is 13.8. The van der Waals surface area contributed by atoms with Gasteiger partial charge >= 0.3 is 5.69 Å². The molecule has 0 aliphatic carbocycles. The van der Waals surface area contributed by atoms with E-state index in [2.05, 4.69) is 18.9 Å². The van der Waals surface area contributed by atoms with E-state index in [9.17, 15) is 14.9 Å². The van der Waals surface area contributed by atoms with Gasteiger partial charge in [-0.1, -0.05) is 32.9 Å². The fraction of sp³-hybridized carbons (Fsp3) is 0.344. The molecule has 0 bridgehead atoms. The fourth-order valence-corrected chi connectivity index (χ4v) is 4.58. The van der Waals surface area contributed by atoms with E-state index in [1.54, 1.807) is 38.3 Å². The van der Waals surface area contributed by atoms with Crippen LogP contribution in [-0.4, -0.2) is 40.6 Å². The number of benzene rings is 3. The molecular weight excluding hydrogens is 536 g/mol. The van der Waals surface area contributed by atoms with Gasteiger partial charge in [-0.15, -0.1) is 0 Å². The highest BCUT2D eigenvalue weighted by Crippen LogP contribution is 2.39. The summed E-state index contributed by atoms with van der Waals surface area (Å²) in [4.78, 5) is 30.1. The Hall–Kier alpha value is -4.73. The molecule has 4 aromatic rings. The first kappa shape index (κ1) is 30.2. The summed E-state index contributed by atoms with van der Waals surface area (Å²) in [5.74, 6) is 1.53. The average molecular weight is 573 g/mol. The lowest BCUT2D eigenvalue weighted by Gasteiger charge is -2.18. The number of aryl methyl sites for hydroxylation is 1. The quantitative estimate of drug-likeness (QED) is 0.109. The maximum Gasteiger partial charge on any atom is 0.315 e. The number of fused-ring (bicyclic) bond motifs is 1. The lowest BCUT2D eigenvalue weighted by molar-refractivity contribution is -0.386. The van der Waals surface area contributed by atoms with Crippen LogP contribution in [0.5, 0.6) is 17.2 Å². The van der Waals surface area contributed by atoms with E-state index in [0.29, 0.717) is 28.7 Å². The molecule has 10 heteroatoms. The van der Waals surface area contributed by atoms with Crippen molar-refractivity contribution in [1.82, 2.24) is 9.66 Å². The fourth-order valence-electron chi connectivity index (χ4n) is 4.58. The second kappa shape index (κ2) is 12.8. The molecule has 3 aromatic carbocycles. The van der Waals surface area contributed by atoms with Gasteiger partial charge in [0.05, 0.1) is 41.9 Å². The molecule has 1 heterocycles. The standard InChI is InChI=1S/C32H36N4O6/c1-8-21(6)42-30-27(36(38)39)15-22(16-29(30)41-9-2)18-33-35-31(34-26-13-11-10-12-23(26)32(35)37)25-17-24(19(3)4)28(40-7)14-20(25)5/h10-19,21H,8-9H2,1-7H3/t21-/m0/s1. The summed E-state index contributed by atoms with van der Waals surface area (Å²) in [7, 11) is 1.63. The SMILES string of the molecule is CCOc1cc(C=Nn2c(-c3cc(C(C)C)c(OC)cc3C)nc3ccccc3c2=O)cc([N+](=O)[O-])c1O[C@@H](C)CC. The molecule has 0 aliphatic heterocycles. The third-order valence-electron chi connectivity index (χ3n) is 6.96. The van der Waals surface area contributed by atoms with Crippen LogP contribution in [0.15, 0.2) is 58.4 Å².